The van der Waals surface area contributed by atoms with E-state index in [0.717, 1.165) is 15.1 Å². The van der Waals surface area contributed by atoms with E-state index in [1.807, 2.05) is 12.1 Å². The molecule has 1 aliphatic carbocycles. The summed E-state index contributed by atoms with van der Waals surface area (Å²) >= 11 is 9.54. The maximum absolute atomic E-state index is 6.37. The van der Waals surface area contributed by atoms with Gasteiger partial charge in [-0.1, -0.05) is 48.0 Å². The molecule has 3 atom stereocenters. The molecule has 1 aliphatic rings. The molecule has 98 valence electrons. The summed E-state index contributed by atoms with van der Waals surface area (Å²) in [5, 5.41) is 0.727. The molecule has 1 saturated carbocycles. The van der Waals surface area contributed by atoms with Gasteiger partial charge in [0.05, 0.1) is 5.02 Å². The molecule has 0 amide bonds. The van der Waals surface area contributed by atoms with Crippen LogP contribution < -0.4 is 5.73 Å². The highest BCUT2D eigenvalue weighted by Crippen LogP contribution is 2.53. The largest absolute Gasteiger partial charge is 0.324 e. The number of nitrogens with two attached hydrogens (primary N) is 1. The summed E-state index contributed by atoms with van der Waals surface area (Å²) in [5.74, 6) is 1.12. The van der Waals surface area contributed by atoms with Crippen molar-refractivity contribution in [1.82, 2.24) is 0 Å². The predicted molar refractivity (Wildman–Crippen MR) is 83.4 cm³/mol. The Morgan fingerprint density at radius 3 is 2.58 bits per heavy atom. The van der Waals surface area contributed by atoms with Crippen LogP contribution in [0.4, 0.5) is 0 Å². The lowest BCUT2D eigenvalue weighted by molar-refractivity contribution is 0.615. The molecule has 3 heteroatoms. The summed E-state index contributed by atoms with van der Waals surface area (Å²) in [6.07, 6.45) is 1.17. The molecule has 19 heavy (non-hydrogen) atoms. The van der Waals surface area contributed by atoms with Crippen LogP contribution in [0.3, 0.4) is 0 Å². The van der Waals surface area contributed by atoms with Gasteiger partial charge in [-0.2, -0.15) is 0 Å². The molecule has 2 aromatic rings. The van der Waals surface area contributed by atoms with Crippen LogP contribution in [0.5, 0.6) is 0 Å². The summed E-state index contributed by atoms with van der Waals surface area (Å²) < 4.78 is 0.917. The lowest BCUT2D eigenvalue weighted by atomic mass is 10.00. The van der Waals surface area contributed by atoms with E-state index in [1.165, 1.54) is 12.0 Å². The van der Waals surface area contributed by atoms with E-state index in [9.17, 15) is 0 Å². The highest BCUT2D eigenvalue weighted by molar-refractivity contribution is 9.10. The van der Waals surface area contributed by atoms with Gasteiger partial charge in [0.15, 0.2) is 0 Å². The van der Waals surface area contributed by atoms with Gasteiger partial charge in [0.1, 0.15) is 0 Å². The van der Waals surface area contributed by atoms with Gasteiger partial charge in [-0.3, -0.25) is 0 Å². The van der Waals surface area contributed by atoms with Crippen molar-refractivity contribution in [3.8, 4) is 0 Å². The molecule has 0 radical (unpaired) electrons. The molecule has 3 unspecified atom stereocenters. The fourth-order valence-electron chi connectivity index (χ4n) is 2.66. The fourth-order valence-corrected chi connectivity index (χ4v) is 3.10. The van der Waals surface area contributed by atoms with Crippen molar-refractivity contribution < 1.29 is 0 Å². The Hall–Kier alpha value is -0.830. The topological polar surface area (TPSA) is 26.0 Å². The van der Waals surface area contributed by atoms with Gasteiger partial charge in [0.25, 0.3) is 0 Å². The van der Waals surface area contributed by atoms with Gasteiger partial charge in [-0.15, -0.1) is 0 Å². The third-order valence-electron chi connectivity index (χ3n) is 3.86. The monoisotopic (exact) mass is 335 g/mol. The van der Waals surface area contributed by atoms with Crippen LogP contribution in [-0.4, -0.2) is 0 Å². The Morgan fingerprint density at radius 1 is 1.16 bits per heavy atom. The number of hydrogen-bond acceptors (Lipinski definition) is 1. The summed E-state index contributed by atoms with van der Waals surface area (Å²) in [4.78, 5) is 0. The molecule has 0 bridgehead atoms. The first kappa shape index (κ1) is 13.2. The second-order valence-corrected chi connectivity index (χ2v) is 6.38. The maximum atomic E-state index is 6.37. The van der Waals surface area contributed by atoms with E-state index >= 15 is 0 Å². The predicted octanol–water partition coefficient (Wildman–Crippen LogP) is 4.91. The minimum absolute atomic E-state index is 0.0656. The second-order valence-electron chi connectivity index (χ2n) is 5.12. The molecule has 0 aromatic heterocycles. The molecular formula is C16H15BrClN. The zero-order valence-electron chi connectivity index (χ0n) is 10.4. The van der Waals surface area contributed by atoms with Gasteiger partial charge in [0.2, 0.25) is 0 Å². The molecule has 2 aromatic carbocycles. The SMILES string of the molecule is NC(c1ccc(Br)c(Cl)c1)C1CC1c1ccccc1. The highest BCUT2D eigenvalue weighted by atomic mass is 79.9. The van der Waals surface area contributed by atoms with E-state index < -0.39 is 0 Å². The molecule has 0 heterocycles. The van der Waals surface area contributed by atoms with E-state index in [0.29, 0.717) is 11.8 Å². The standard InChI is InChI=1S/C16H15BrClN/c17-14-7-6-11(8-15(14)18)16(19)13-9-12(13)10-4-2-1-3-5-10/h1-8,12-13,16H,9,19H2. The Kier molecular flexibility index (Phi) is 3.66. The zero-order valence-corrected chi connectivity index (χ0v) is 12.7. The number of halogens is 2. The first-order valence-corrected chi connectivity index (χ1v) is 7.59. The van der Waals surface area contributed by atoms with Crippen LogP contribution in [0.25, 0.3) is 0 Å². The maximum Gasteiger partial charge on any atom is 0.0551 e. The highest BCUT2D eigenvalue weighted by Gasteiger charge is 2.42. The minimum atomic E-state index is 0.0656. The van der Waals surface area contributed by atoms with Crippen molar-refractivity contribution in [3.05, 3.63) is 69.2 Å². The minimum Gasteiger partial charge on any atom is -0.324 e. The van der Waals surface area contributed by atoms with Crippen molar-refractivity contribution in [2.24, 2.45) is 11.7 Å². The number of benzene rings is 2. The van der Waals surface area contributed by atoms with Crippen LogP contribution in [0.2, 0.25) is 5.02 Å². The lowest BCUT2D eigenvalue weighted by Crippen LogP contribution is -2.13. The van der Waals surface area contributed by atoms with Gasteiger partial charge in [-0.25, -0.2) is 0 Å². The summed E-state index contributed by atoms with van der Waals surface area (Å²) in [6.45, 7) is 0. The van der Waals surface area contributed by atoms with Crippen LogP contribution in [0.15, 0.2) is 53.0 Å². The van der Waals surface area contributed by atoms with Crippen LogP contribution in [0, 0.1) is 5.92 Å². The molecule has 0 spiro atoms. The Balaban J connectivity index is 1.76. The third kappa shape index (κ3) is 2.71. The molecule has 2 N–H and O–H groups in total. The zero-order chi connectivity index (χ0) is 13.4. The van der Waals surface area contributed by atoms with E-state index in [2.05, 4.69) is 52.3 Å². The van der Waals surface area contributed by atoms with Crippen molar-refractivity contribution in [2.45, 2.75) is 18.4 Å². The third-order valence-corrected chi connectivity index (χ3v) is 5.09. The Morgan fingerprint density at radius 2 is 1.89 bits per heavy atom. The van der Waals surface area contributed by atoms with Gasteiger partial charge >= 0.3 is 0 Å². The van der Waals surface area contributed by atoms with Crippen LogP contribution in [-0.2, 0) is 0 Å². The molecule has 1 nitrogen and oxygen atoms in total. The van der Waals surface area contributed by atoms with Gasteiger partial charge in [-0.05, 0) is 57.4 Å². The average Bonchev–Trinajstić information content (AvgIpc) is 3.22. The van der Waals surface area contributed by atoms with E-state index in [4.69, 9.17) is 17.3 Å². The summed E-state index contributed by atoms with van der Waals surface area (Å²) in [6, 6.07) is 16.7. The van der Waals surface area contributed by atoms with Gasteiger partial charge < -0.3 is 5.73 Å². The van der Waals surface area contributed by atoms with Gasteiger partial charge in [0, 0.05) is 10.5 Å². The lowest BCUT2D eigenvalue weighted by Gasteiger charge is -2.13. The normalized spacial score (nSPS) is 23.1. The van der Waals surface area contributed by atoms with Crippen molar-refractivity contribution in [3.63, 3.8) is 0 Å². The Bertz CT molecular complexity index is 585. The van der Waals surface area contributed by atoms with Crippen molar-refractivity contribution in [2.75, 3.05) is 0 Å². The molecule has 0 aliphatic heterocycles. The fraction of sp³-hybridized carbons (Fsp3) is 0.250. The van der Waals surface area contributed by atoms with Crippen molar-refractivity contribution >= 4 is 27.5 Å². The molecule has 3 rings (SSSR count). The Labute approximate surface area is 126 Å². The quantitative estimate of drug-likeness (QED) is 0.847. The molecule has 0 saturated heterocycles. The van der Waals surface area contributed by atoms with Crippen LogP contribution in [0.1, 0.15) is 29.5 Å². The molecule has 1 fully saturated rings. The second kappa shape index (κ2) is 5.28. The van der Waals surface area contributed by atoms with Crippen LogP contribution >= 0.6 is 27.5 Å². The first-order valence-electron chi connectivity index (χ1n) is 6.42. The first-order chi connectivity index (χ1) is 9.16. The van der Waals surface area contributed by atoms with Crippen molar-refractivity contribution in [1.29, 1.82) is 0 Å². The summed E-state index contributed by atoms with van der Waals surface area (Å²) in [7, 11) is 0. The van der Waals surface area contributed by atoms with E-state index in [-0.39, 0.29) is 6.04 Å². The number of hydrogen-bond donors (Lipinski definition) is 1. The molecular weight excluding hydrogens is 322 g/mol. The number of rotatable bonds is 3. The summed E-state index contributed by atoms with van der Waals surface area (Å²) in [5.41, 5.74) is 8.89. The van der Waals surface area contributed by atoms with E-state index in [1.54, 1.807) is 0 Å². The average molecular weight is 337 g/mol. The smallest absolute Gasteiger partial charge is 0.0551 e.